The van der Waals surface area contributed by atoms with Crippen molar-refractivity contribution in [1.82, 2.24) is 10.6 Å². The van der Waals surface area contributed by atoms with Gasteiger partial charge in [0, 0.05) is 26.2 Å². The molecule has 6 heteroatoms. The molecule has 2 aliphatic rings. The van der Waals surface area contributed by atoms with E-state index in [1.165, 1.54) is 0 Å². The van der Waals surface area contributed by atoms with E-state index in [0.29, 0.717) is 0 Å². The summed E-state index contributed by atoms with van der Waals surface area (Å²) in [5.74, 6) is 0. The zero-order valence-electron chi connectivity index (χ0n) is 10.3. The summed E-state index contributed by atoms with van der Waals surface area (Å²) in [5, 5.41) is 6.32. The minimum absolute atomic E-state index is 0.889. The highest BCUT2D eigenvalue weighted by Crippen LogP contribution is 2.09. The fourth-order valence-electron chi connectivity index (χ4n) is 1.03. The molecule has 4 nitrogen and oxygen atoms in total. The Labute approximate surface area is 107 Å². The third-order valence-corrected chi connectivity index (χ3v) is 3.19. The van der Waals surface area contributed by atoms with Gasteiger partial charge >= 0.3 is 0 Å². The van der Waals surface area contributed by atoms with Gasteiger partial charge in [-0.15, -0.1) is 0 Å². The molecular weight excluding hydrogens is 244 g/mol. The smallest absolute Gasteiger partial charge is 0.0591 e. The first-order valence-corrected chi connectivity index (χ1v) is 8.52. The van der Waals surface area contributed by atoms with Crippen molar-refractivity contribution in [3.63, 3.8) is 0 Å². The average molecular weight is 268 g/mol. The summed E-state index contributed by atoms with van der Waals surface area (Å²) in [6, 6.07) is 0. The Morgan fingerprint density at radius 1 is 0.688 bits per heavy atom. The lowest BCUT2D eigenvalue weighted by molar-refractivity contribution is 0.109. The minimum Gasteiger partial charge on any atom is -0.379 e. The van der Waals surface area contributed by atoms with Gasteiger partial charge < -0.3 is 20.1 Å². The molecule has 0 aromatic heterocycles. The van der Waals surface area contributed by atoms with Crippen molar-refractivity contribution in [3.8, 4) is 0 Å². The third-order valence-electron chi connectivity index (χ3n) is 1.86. The fraction of sp³-hybridized carbons (Fsp3) is 1.00. The molecule has 2 heterocycles. The van der Waals surface area contributed by atoms with Crippen LogP contribution in [0, 0.1) is 0 Å². The Morgan fingerprint density at radius 2 is 1.00 bits per heavy atom. The van der Waals surface area contributed by atoms with Gasteiger partial charge in [0.25, 0.3) is 0 Å². The number of ether oxygens (including phenoxy) is 2. The van der Waals surface area contributed by atoms with E-state index in [0.717, 1.165) is 52.6 Å². The quantitative estimate of drug-likeness (QED) is 0.687. The summed E-state index contributed by atoms with van der Waals surface area (Å²) in [4.78, 5) is 0. The van der Waals surface area contributed by atoms with Crippen molar-refractivity contribution < 1.29 is 9.47 Å². The van der Waals surface area contributed by atoms with Crippen LogP contribution in [0.1, 0.15) is 0 Å². The molecule has 2 aliphatic heterocycles. The standard InChI is InChI=1S/2C4H9NO.C2H6S2/c2*1-3-6-4-2-5-1;1-3-4-2/h2*5H,1-4H2;1-2H3. The molecule has 0 saturated carbocycles. The highest BCUT2D eigenvalue weighted by molar-refractivity contribution is 8.76. The summed E-state index contributed by atoms with van der Waals surface area (Å²) >= 11 is 0. The molecule has 16 heavy (non-hydrogen) atoms. The van der Waals surface area contributed by atoms with Gasteiger partial charge in [-0.3, -0.25) is 0 Å². The van der Waals surface area contributed by atoms with E-state index in [1.807, 2.05) is 0 Å². The van der Waals surface area contributed by atoms with Crippen LogP contribution in [0.3, 0.4) is 0 Å². The molecule has 0 amide bonds. The molecule has 0 unspecified atom stereocenters. The SMILES string of the molecule is C1COCCN1.C1COCCN1.CSSC. The number of hydrogen-bond acceptors (Lipinski definition) is 6. The molecule has 2 saturated heterocycles. The lowest BCUT2D eigenvalue weighted by Crippen LogP contribution is -2.30. The molecule has 0 atom stereocenters. The normalized spacial score (nSPS) is 19.9. The molecule has 2 N–H and O–H groups in total. The summed E-state index contributed by atoms with van der Waals surface area (Å²) in [5.41, 5.74) is 0. The van der Waals surface area contributed by atoms with E-state index in [1.54, 1.807) is 21.6 Å². The minimum atomic E-state index is 0.889. The van der Waals surface area contributed by atoms with Gasteiger partial charge in [-0.1, -0.05) is 21.6 Å². The molecule has 2 fully saturated rings. The molecule has 0 bridgehead atoms. The van der Waals surface area contributed by atoms with Crippen LogP contribution in [-0.4, -0.2) is 65.1 Å². The van der Waals surface area contributed by atoms with E-state index in [2.05, 4.69) is 23.1 Å². The Hall–Kier alpha value is 0.540. The third kappa shape index (κ3) is 14.5. The van der Waals surface area contributed by atoms with Crippen LogP contribution in [0.2, 0.25) is 0 Å². The van der Waals surface area contributed by atoms with E-state index in [4.69, 9.17) is 9.47 Å². The van der Waals surface area contributed by atoms with Crippen molar-refractivity contribution >= 4 is 21.6 Å². The van der Waals surface area contributed by atoms with Gasteiger partial charge in [0.15, 0.2) is 0 Å². The van der Waals surface area contributed by atoms with Crippen molar-refractivity contribution in [2.75, 3.05) is 65.1 Å². The number of rotatable bonds is 1. The Balaban J connectivity index is 0.000000217. The largest absolute Gasteiger partial charge is 0.379 e. The molecule has 0 aromatic carbocycles. The molecule has 0 aliphatic carbocycles. The monoisotopic (exact) mass is 268 g/mol. The molecule has 0 aromatic rings. The van der Waals surface area contributed by atoms with Crippen molar-refractivity contribution in [2.24, 2.45) is 0 Å². The van der Waals surface area contributed by atoms with Crippen LogP contribution in [0.25, 0.3) is 0 Å². The zero-order chi connectivity index (χ0) is 11.9. The maximum atomic E-state index is 5.01. The second-order valence-electron chi connectivity index (χ2n) is 3.06. The van der Waals surface area contributed by atoms with Gasteiger partial charge in [-0.05, 0) is 12.5 Å². The van der Waals surface area contributed by atoms with E-state index in [9.17, 15) is 0 Å². The highest BCUT2D eigenvalue weighted by atomic mass is 33.1. The number of hydrogen-bond donors (Lipinski definition) is 2. The van der Waals surface area contributed by atoms with Crippen molar-refractivity contribution in [3.05, 3.63) is 0 Å². The Bertz CT molecular complexity index is 86.4. The van der Waals surface area contributed by atoms with Crippen molar-refractivity contribution in [2.45, 2.75) is 0 Å². The summed E-state index contributed by atoms with van der Waals surface area (Å²) < 4.78 is 10.0. The van der Waals surface area contributed by atoms with Crippen LogP contribution >= 0.6 is 21.6 Å². The fourth-order valence-corrected chi connectivity index (χ4v) is 1.03. The maximum Gasteiger partial charge on any atom is 0.0591 e. The lowest BCUT2D eigenvalue weighted by Gasteiger charge is -2.10. The van der Waals surface area contributed by atoms with Crippen LogP contribution < -0.4 is 10.6 Å². The van der Waals surface area contributed by atoms with Gasteiger partial charge in [0.05, 0.1) is 26.4 Å². The predicted molar refractivity (Wildman–Crippen MR) is 74.4 cm³/mol. The molecule has 98 valence electrons. The van der Waals surface area contributed by atoms with E-state index >= 15 is 0 Å². The van der Waals surface area contributed by atoms with E-state index < -0.39 is 0 Å². The molecular formula is C10H24N2O2S2. The first-order chi connectivity index (χ1) is 7.91. The van der Waals surface area contributed by atoms with Crippen LogP contribution in [0.5, 0.6) is 0 Å². The summed E-state index contributed by atoms with van der Waals surface area (Å²) in [6.07, 6.45) is 4.12. The molecule has 0 spiro atoms. The predicted octanol–water partition coefficient (Wildman–Crippen LogP) is 0.840. The van der Waals surface area contributed by atoms with Crippen LogP contribution in [0.15, 0.2) is 0 Å². The number of morpholine rings is 2. The maximum absolute atomic E-state index is 5.01. The topological polar surface area (TPSA) is 42.5 Å². The second kappa shape index (κ2) is 15.5. The van der Waals surface area contributed by atoms with Gasteiger partial charge in [0.1, 0.15) is 0 Å². The average Bonchev–Trinajstić information content (AvgIpc) is 2.44. The highest BCUT2D eigenvalue weighted by Gasteiger charge is 1.93. The molecule has 0 radical (unpaired) electrons. The van der Waals surface area contributed by atoms with Gasteiger partial charge in [-0.2, -0.15) is 0 Å². The molecule has 2 rings (SSSR count). The van der Waals surface area contributed by atoms with Crippen molar-refractivity contribution in [1.29, 1.82) is 0 Å². The first-order valence-electron chi connectivity index (χ1n) is 5.55. The Morgan fingerprint density at radius 3 is 1.06 bits per heavy atom. The number of nitrogens with one attached hydrogen (secondary N) is 2. The Kier molecular flexibility index (Phi) is 16.1. The zero-order valence-corrected chi connectivity index (χ0v) is 11.9. The second-order valence-corrected chi connectivity index (χ2v) is 5.72. The van der Waals surface area contributed by atoms with Crippen LogP contribution in [-0.2, 0) is 9.47 Å². The first kappa shape index (κ1) is 16.5. The van der Waals surface area contributed by atoms with Gasteiger partial charge in [-0.25, -0.2) is 0 Å². The van der Waals surface area contributed by atoms with E-state index in [-0.39, 0.29) is 0 Å². The lowest BCUT2D eigenvalue weighted by atomic mass is 10.5. The summed E-state index contributed by atoms with van der Waals surface area (Å²) in [7, 11) is 3.55. The van der Waals surface area contributed by atoms with Gasteiger partial charge in [0.2, 0.25) is 0 Å². The summed E-state index contributed by atoms with van der Waals surface area (Å²) in [6.45, 7) is 7.67. The van der Waals surface area contributed by atoms with Crippen LogP contribution in [0.4, 0.5) is 0 Å².